The van der Waals surface area contributed by atoms with Crippen molar-refractivity contribution in [1.82, 2.24) is 0 Å². The summed E-state index contributed by atoms with van der Waals surface area (Å²) >= 11 is 0. The molecular formula is C5H4N2O3. The third-order valence-electron chi connectivity index (χ3n) is 0.991. The molecule has 0 saturated carbocycles. The lowest BCUT2D eigenvalue weighted by Gasteiger charge is -1.92. The van der Waals surface area contributed by atoms with Gasteiger partial charge in [0.05, 0.1) is 6.07 Å². The van der Waals surface area contributed by atoms with Crippen molar-refractivity contribution in [3.63, 3.8) is 0 Å². The van der Waals surface area contributed by atoms with E-state index in [1.165, 1.54) is 12.1 Å². The van der Waals surface area contributed by atoms with Crippen molar-refractivity contribution in [2.45, 2.75) is 0 Å². The highest BCUT2D eigenvalue weighted by Crippen LogP contribution is 1.99. The quantitative estimate of drug-likeness (QED) is 0.242. The molecule has 0 N–H and O–H groups in total. The molecule has 10 heavy (non-hydrogen) atoms. The highest BCUT2D eigenvalue weighted by Gasteiger charge is 2.14. The maximum absolute atomic E-state index is 10.5. The fourth-order valence-corrected chi connectivity index (χ4v) is 0.561. The molecule has 5 heteroatoms. The Morgan fingerprint density at radius 2 is 2.20 bits per heavy atom. The number of nitro groups is 1. The van der Waals surface area contributed by atoms with E-state index in [0.717, 1.165) is 12.3 Å². The maximum atomic E-state index is 10.5. The van der Waals surface area contributed by atoms with Crippen LogP contribution in [-0.2, 0) is 0 Å². The molecule has 1 heterocycles. The zero-order valence-corrected chi connectivity index (χ0v) is 4.93. The standard InChI is InChI=1S/C5H4N2O3/c8-6-4-2-1-3-5(6)7(9)10/h1-4H. The summed E-state index contributed by atoms with van der Waals surface area (Å²) in [4.78, 5) is 9.28. The van der Waals surface area contributed by atoms with E-state index in [4.69, 9.17) is 0 Å². The minimum absolute atomic E-state index is 0.208. The van der Waals surface area contributed by atoms with Gasteiger partial charge in [0.25, 0.3) is 0 Å². The Morgan fingerprint density at radius 3 is 2.60 bits per heavy atom. The van der Waals surface area contributed by atoms with Crippen molar-refractivity contribution in [1.29, 1.82) is 0 Å². The van der Waals surface area contributed by atoms with Crippen LogP contribution in [0.25, 0.3) is 0 Å². The smallest absolute Gasteiger partial charge is 0.512 e. The van der Waals surface area contributed by atoms with Gasteiger partial charge in [0.1, 0.15) is 4.92 Å². The summed E-state index contributed by atoms with van der Waals surface area (Å²) in [7, 11) is 0. The molecule has 1 aromatic rings. The minimum Gasteiger partial charge on any atom is -0.614 e. The van der Waals surface area contributed by atoms with Gasteiger partial charge < -0.3 is 5.21 Å². The summed E-state index contributed by atoms with van der Waals surface area (Å²) in [5, 5.41) is 20.5. The Kier molecular flexibility index (Phi) is 1.49. The summed E-state index contributed by atoms with van der Waals surface area (Å²) in [6.07, 6.45) is 1.08. The number of rotatable bonds is 1. The third kappa shape index (κ3) is 1.02. The second-order valence-electron chi connectivity index (χ2n) is 1.64. The second-order valence-corrected chi connectivity index (χ2v) is 1.64. The summed E-state index contributed by atoms with van der Waals surface area (Å²) in [5.41, 5.74) is 0. The molecule has 0 aromatic carbocycles. The Morgan fingerprint density at radius 1 is 1.50 bits per heavy atom. The van der Waals surface area contributed by atoms with E-state index < -0.39 is 10.7 Å². The molecule has 52 valence electrons. The molecule has 0 fully saturated rings. The van der Waals surface area contributed by atoms with Crippen molar-refractivity contribution in [2.24, 2.45) is 0 Å². The fraction of sp³-hybridized carbons (Fsp3) is 0. The van der Waals surface area contributed by atoms with E-state index in [0.29, 0.717) is 0 Å². The van der Waals surface area contributed by atoms with Crippen molar-refractivity contribution < 1.29 is 9.65 Å². The van der Waals surface area contributed by atoms with E-state index in [-0.39, 0.29) is 4.73 Å². The topological polar surface area (TPSA) is 70.1 Å². The first-order valence-electron chi connectivity index (χ1n) is 2.54. The minimum atomic E-state index is -0.729. The SMILES string of the molecule is O=[N+]([O-])c1cccc[n+]1[O-]. The summed E-state index contributed by atoms with van der Waals surface area (Å²) in [6.45, 7) is 0. The molecule has 0 atom stereocenters. The van der Waals surface area contributed by atoms with Crippen molar-refractivity contribution in [3.05, 3.63) is 39.7 Å². The first kappa shape index (κ1) is 6.47. The van der Waals surface area contributed by atoms with Crippen LogP contribution in [0.15, 0.2) is 24.4 Å². The van der Waals surface area contributed by atoms with Gasteiger partial charge in [0, 0.05) is 6.07 Å². The monoisotopic (exact) mass is 140 g/mol. The van der Waals surface area contributed by atoms with E-state index in [9.17, 15) is 15.3 Å². The fourth-order valence-electron chi connectivity index (χ4n) is 0.561. The van der Waals surface area contributed by atoms with Crippen molar-refractivity contribution >= 4 is 5.82 Å². The molecule has 0 radical (unpaired) electrons. The van der Waals surface area contributed by atoms with Crippen molar-refractivity contribution in [2.75, 3.05) is 0 Å². The van der Waals surface area contributed by atoms with Gasteiger partial charge in [0.15, 0.2) is 6.20 Å². The van der Waals surface area contributed by atoms with E-state index in [1.807, 2.05) is 0 Å². The molecule has 0 unspecified atom stereocenters. The average Bonchev–Trinajstić information content (AvgIpc) is 1.88. The van der Waals surface area contributed by atoms with Crippen LogP contribution < -0.4 is 4.73 Å². The van der Waals surface area contributed by atoms with Crippen LogP contribution in [0.1, 0.15) is 0 Å². The highest BCUT2D eigenvalue weighted by molar-refractivity contribution is 5.09. The predicted molar refractivity (Wildman–Crippen MR) is 32.1 cm³/mol. The third-order valence-corrected chi connectivity index (χ3v) is 0.991. The molecule has 1 aromatic heterocycles. The number of aromatic nitrogens is 1. The predicted octanol–water partition coefficient (Wildman–Crippen LogP) is 0.228. The van der Waals surface area contributed by atoms with E-state index >= 15 is 0 Å². The first-order valence-corrected chi connectivity index (χ1v) is 2.54. The van der Waals surface area contributed by atoms with Crippen LogP contribution in [0, 0.1) is 15.3 Å². The Balaban J connectivity index is 3.15. The average molecular weight is 140 g/mol. The Labute approximate surface area is 56.3 Å². The summed E-state index contributed by atoms with van der Waals surface area (Å²) in [6, 6.07) is 4.01. The lowest BCUT2D eigenvalue weighted by Crippen LogP contribution is -2.28. The van der Waals surface area contributed by atoms with Gasteiger partial charge in [-0.05, 0) is 6.07 Å². The molecule has 0 aliphatic carbocycles. The van der Waals surface area contributed by atoms with E-state index in [1.54, 1.807) is 0 Å². The van der Waals surface area contributed by atoms with Crippen LogP contribution in [-0.4, -0.2) is 4.92 Å². The number of hydrogen-bond donors (Lipinski definition) is 0. The number of hydrogen-bond acceptors (Lipinski definition) is 3. The first-order chi connectivity index (χ1) is 4.72. The maximum Gasteiger partial charge on any atom is 0.512 e. The molecule has 5 nitrogen and oxygen atoms in total. The molecule has 1 rings (SSSR count). The zero-order chi connectivity index (χ0) is 7.56. The highest BCUT2D eigenvalue weighted by atomic mass is 16.6. The molecule has 0 spiro atoms. The molecule has 0 aliphatic heterocycles. The van der Waals surface area contributed by atoms with Crippen molar-refractivity contribution in [3.8, 4) is 0 Å². The van der Waals surface area contributed by atoms with Gasteiger partial charge in [0.2, 0.25) is 0 Å². The van der Waals surface area contributed by atoms with Gasteiger partial charge in [-0.2, -0.15) is 0 Å². The van der Waals surface area contributed by atoms with Crippen LogP contribution in [0.2, 0.25) is 0 Å². The van der Waals surface area contributed by atoms with Crippen LogP contribution >= 0.6 is 0 Å². The second kappa shape index (κ2) is 2.30. The molecule has 0 amide bonds. The van der Waals surface area contributed by atoms with Gasteiger partial charge >= 0.3 is 5.82 Å². The summed E-state index contributed by atoms with van der Waals surface area (Å²) in [5.74, 6) is -0.456. The van der Waals surface area contributed by atoms with Gasteiger partial charge in [-0.15, -0.1) is 4.73 Å². The zero-order valence-electron chi connectivity index (χ0n) is 4.93. The van der Waals surface area contributed by atoms with Gasteiger partial charge in [-0.1, -0.05) is 0 Å². The van der Waals surface area contributed by atoms with Crippen LogP contribution in [0.4, 0.5) is 5.82 Å². The summed E-state index contributed by atoms with van der Waals surface area (Å²) < 4.78 is 0.208. The van der Waals surface area contributed by atoms with Crippen LogP contribution in [0.3, 0.4) is 0 Å². The largest absolute Gasteiger partial charge is 0.614 e. The normalized spacial score (nSPS) is 9.20. The van der Waals surface area contributed by atoms with E-state index in [2.05, 4.69) is 0 Å². The lowest BCUT2D eigenvalue weighted by molar-refractivity contribution is -0.664. The molecular weight excluding hydrogens is 136 g/mol. The van der Waals surface area contributed by atoms with Crippen LogP contribution in [0.5, 0.6) is 0 Å². The lowest BCUT2D eigenvalue weighted by atomic mass is 10.5. The number of nitrogens with zero attached hydrogens (tertiary/aromatic N) is 2. The Hall–Kier alpha value is -1.65. The number of pyridine rings is 1. The van der Waals surface area contributed by atoms with Gasteiger partial charge in [-0.25, -0.2) is 0 Å². The molecule has 0 bridgehead atoms. The molecule has 0 saturated heterocycles. The molecule has 0 aliphatic rings. The van der Waals surface area contributed by atoms with Gasteiger partial charge in [-0.3, -0.25) is 10.1 Å². The Bertz CT molecular complexity index is 261.